The van der Waals surface area contributed by atoms with Crippen molar-refractivity contribution in [1.29, 1.82) is 0 Å². The Morgan fingerprint density at radius 2 is 1.79 bits per heavy atom. The molecule has 1 atom stereocenters. The van der Waals surface area contributed by atoms with Crippen LogP contribution in [0.4, 0.5) is 5.69 Å². The zero-order valence-electron chi connectivity index (χ0n) is 15.1. The molecule has 0 aromatic heterocycles. The maximum Gasteiger partial charge on any atom is 0.269 e. The van der Waals surface area contributed by atoms with E-state index < -0.39 is 4.92 Å². The molecule has 5 nitrogen and oxygen atoms in total. The van der Waals surface area contributed by atoms with Gasteiger partial charge in [0.25, 0.3) is 11.6 Å². The summed E-state index contributed by atoms with van der Waals surface area (Å²) in [5.41, 5.74) is 4.46. The van der Waals surface area contributed by atoms with Gasteiger partial charge in [0.15, 0.2) is 0 Å². The van der Waals surface area contributed by atoms with E-state index in [1.165, 1.54) is 39.6 Å². The molecule has 0 unspecified atom stereocenters. The highest BCUT2D eigenvalue weighted by atomic mass is 32.2. The monoisotopic (exact) mass is 390 g/mol. The van der Waals surface area contributed by atoms with Crippen LogP contribution in [0.3, 0.4) is 0 Å². The van der Waals surface area contributed by atoms with E-state index >= 15 is 0 Å². The van der Waals surface area contributed by atoms with Gasteiger partial charge in [0.2, 0.25) is 0 Å². The molecule has 0 bridgehead atoms. The Bertz CT molecular complexity index is 1100. The molecule has 6 heteroatoms. The van der Waals surface area contributed by atoms with E-state index in [1.54, 1.807) is 23.9 Å². The number of aryl methyl sites for hydroxylation is 2. The number of carbonyl (C=O) groups excluding carboxylic acids is 1. The molecule has 2 aliphatic rings. The molecule has 1 aliphatic heterocycles. The Labute approximate surface area is 166 Å². The lowest BCUT2D eigenvalue weighted by Crippen LogP contribution is -2.30. The highest BCUT2D eigenvalue weighted by Gasteiger charge is 2.33. The minimum absolute atomic E-state index is 0.00333. The van der Waals surface area contributed by atoms with E-state index in [4.69, 9.17) is 0 Å². The zero-order valence-corrected chi connectivity index (χ0v) is 15.9. The Kier molecular flexibility index (Phi) is 4.09. The van der Waals surface area contributed by atoms with Gasteiger partial charge in [0.1, 0.15) is 5.37 Å². The van der Waals surface area contributed by atoms with Gasteiger partial charge in [0, 0.05) is 30.0 Å². The molecule has 1 fully saturated rings. The lowest BCUT2D eigenvalue weighted by molar-refractivity contribution is -0.384. The minimum Gasteiger partial charge on any atom is -0.322 e. The van der Waals surface area contributed by atoms with Gasteiger partial charge in [-0.3, -0.25) is 14.9 Å². The molecule has 28 heavy (non-hydrogen) atoms. The predicted octanol–water partition coefficient (Wildman–Crippen LogP) is 4.73. The van der Waals surface area contributed by atoms with Crippen LogP contribution in [0.5, 0.6) is 0 Å². The van der Waals surface area contributed by atoms with E-state index in [0.29, 0.717) is 12.1 Å². The molecule has 1 aliphatic carbocycles. The number of amides is 1. The number of hydrogen-bond acceptors (Lipinski definition) is 4. The van der Waals surface area contributed by atoms with Crippen molar-refractivity contribution in [2.24, 2.45) is 0 Å². The molecule has 5 rings (SSSR count). The summed E-state index contributed by atoms with van der Waals surface area (Å²) in [6.07, 6.45) is 2.17. The summed E-state index contributed by atoms with van der Waals surface area (Å²) in [6, 6.07) is 16.7. The number of nitrogens with zero attached hydrogens (tertiary/aromatic N) is 2. The normalized spacial score (nSPS) is 18.0. The van der Waals surface area contributed by atoms with Crippen LogP contribution in [0.2, 0.25) is 0 Å². The maximum atomic E-state index is 13.1. The first-order chi connectivity index (χ1) is 13.6. The molecular weight excluding hydrogens is 372 g/mol. The number of benzene rings is 3. The highest BCUT2D eigenvalue weighted by Crippen LogP contribution is 2.44. The first-order valence-electron chi connectivity index (χ1n) is 9.34. The SMILES string of the molecule is O=C(c1ccc([N+](=O)[O-])cc1)N1CCS[C@@H]1c1ccc2c3c(cccc13)CC2. The van der Waals surface area contributed by atoms with Crippen molar-refractivity contribution in [3.8, 4) is 0 Å². The molecule has 0 radical (unpaired) electrons. The Hall–Kier alpha value is -2.86. The van der Waals surface area contributed by atoms with Crippen molar-refractivity contribution in [2.75, 3.05) is 12.3 Å². The molecule has 0 saturated carbocycles. The van der Waals surface area contributed by atoms with E-state index in [2.05, 4.69) is 30.3 Å². The molecular formula is C22H18N2O3S. The quantitative estimate of drug-likeness (QED) is 0.479. The number of hydrogen-bond donors (Lipinski definition) is 0. The number of thioether (sulfide) groups is 1. The van der Waals surface area contributed by atoms with Gasteiger partial charge in [-0.25, -0.2) is 0 Å². The Balaban J connectivity index is 1.52. The molecule has 0 N–H and O–H groups in total. The molecule has 0 spiro atoms. The fourth-order valence-electron chi connectivity index (χ4n) is 4.31. The molecule has 140 valence electrons. The number of nitro groups is 1. The maximum absolute atomic E-state index is 13.1. The van der Waals surface area contributed by atoms with Gasteiger partial charge in [-0.1, -0.05) is 30.3 Å². The second-order valence-corrected chi connectivity index (χ2v) is 8.37. The molecule has 1 amide bonds. The third-order valence-electron chi connectivity index (χ3n) is 5.65. The van der Waals surface area contributed by atoms with E-state index in [1.807, 2.05) is 4.90 Å². The summed E-state index contributed by atoms with van der Waals surface area (Å²) in [7, 11) is 0. The van der Waals surface area contributed by atoms with E-state index in [0.717, 1.165) is 18.6 Å². The molecule has 1 heterocycles. The fourth-order valence-corrected chi connectivity index (χ4v) is 5.60. The van der Waals surface area contributed by atoms with E-state index in [9.17, 15) is 14.9 Å². The minimum atomic E-state index is -0.449. The van der Waals surface area contributed by atoms with Crippen LogP contribution in [0.1, 0.15) is 32.4 Å². The number of rotatable bonds is 3. The summed E-state index contributed by atoms with van der Waals surface area (Å²) in [6.45, 7) is 0.675. The van der Waals surface area contributed by atoms with Gasteiger partial charge < -0.3 is 4.90 Å². The summed E-state index contributed by atoms with van der Waals surface area (Å²) >= 11 is 1.78. The highest BCUT2D eigenvalue weighted by molar-refractivity contribution is 7.99. The van der Waals surface area contributed by atoms with E-state index in [-0.39, 0.29) is 17.0 Å². The van der Waals surface area contributed by atoms with Crippen LogP contribution in [0.25, 0.3) is 10.8 Å². The Morgan fingerprint density at radius 1 is 1.04 bits per heavy atom. The predicted molar refractivity (Wildman–Crippen MR) is 111 cm³/mol. The van der Waals surface area contributed by atoms with Gasteiger partial charge in [0.05, 0.1) is 4.92 Å². The average Bonchev–Trinajstić information content (AvgIpc) is 3.36. The van der Waals surface area contributed by atoms with Crippen molar-refractivity contribution >= 4 is 34.1 Å². The summed E-state index contributed by atoms with van der Waals surface area (Å²) < 4.78 is 0. The van der Waals surface area contributed by atoms with Crippen LogP contribution in [-0.2, 0) is 12.8 Å². The smallest absolute Gasteiger partial charge is 0.269 e. The van der Waals surface area contributed by atoms with Crippen LogP contribution in [0.15, 0.2) is 54.6 Å². The first-order valence-corrected chi connectivity index (χ1v) is 10.4. The molecule has 1 saturated heterocycles. The van der Waals surface area contributed by atoms with Crippen LogP contribution in [0, 0.1) is 10.1 Å². The average molecular weight is 390 g/mol. The summed E-state index contributed by atoms with van der Waals surface area (Å²) in [5.74, 6) is 0.805. The van der Waals surface area contributed by atoms with Crippen molar-refractivity contribution in [1.82, 2.24) is 4.90 Å². The third kappa shape index (κ3) is 2.67. The first kappa shape index (κ1) is 17.3. The zero-order chi connectivity index (χ0) is 19.3. The van der Waals surface area contributed by atoms with Gasteiger partial charge in [-0.05, 0) is 52.4 Å². The van der Waals surface area contributed by atoms with Gasteiger partial charge in [-0.2, -0.15) is 0 Å². The molecule has 3 aromatic carbocycles. The van der Waals surface area contributed by atoms with Crippen molar-refractivity contribution in [2.45, 2.75) is 18.2 Å². The largest absolute Gasteiger partial charge is 0.322 e. The topological polar surface area (TPSA) is 63.4 Å². The standard InChI is InChI=1S/C22H18N2O3S/c25-21(16-6-9-17(10-7-16)24(26)27)23-12-13-28-22(23)19-11-8-15-5-4-14-2-1-3-18(19)20(14)15/h1-3,6-11,22H,4-5,12-13H2/t22-/m1/s1. The fraction of sp³-hybridized carbons (Fsp3) is 0.227. The van der Waals surface area contributed by atoms with Crippen LogP contribution < -0.4 is 0 Å². The number of non-ortho nitro benzene ring substituents is 1. The molecule has 3 aromatic rings. The van der Waals surface area contributed by atoms with Crippen molar-refractivity contribution < 1.29 is 9.72 Å². The van der Waals surface area contributed by atoms with Crippen LogP contribution in [-0.4, -0.2) is 28.0 Å². The van der Waals surface area contributed by atoms with Gasteiger partial charge >= 0.3 is 0 Å². The number of carbonyl (C=O) groups is 1. The van der Waals surface area contributed by atoms with Crippen LogP contribution >= 0.6 is 11.8 Å². The lowest BCUT2D eigenvalue weighted by atomic mass is 9.99. The van der Waals surface area contributed by atoms with Gasteiger partial charge in [-0.15, -0.1) is 11.8 Å². The summed E-state index contributed by atoms with van der Waals surface area (Å²) in [5, 5.41) is 13.4. The second-order valence-electron chi connectivity index (χ2n) is 7.18. The Morgan fingerprint density at radius 3 is 2.54 bits per heavy atom. The van der Waals surface area contributed by atoms with Crippen molar-refractivity contribution in [3.63, 3.8) is 0 Å². The lowest BCUT2D eigenvalue weighted by Gasteiger charge is -2.25. The third-order valence-corrected chi connectivity index (χ3v) is 6.90. The second kappa shape index (κ2) is 6.63. The number of nitro benzene ring substituents is 1. The van der Waals surface area contributed by atoms with Crippen molar-refractivity contribution in [3.05, 3.63) is 87.0 Å². The summed E-state index contributed by atoms with van der Waals surface area (Å²) in [4.78, 5) is 25.4.